The number of aromatic nitrogens is 1. The average Bonchev–Trinajstić information content (AvgIpc) is 2.47. The van der Waals surface area contributed by atoms with Crippen LogP contribution in [-0.2, 0) is 6.42 Å². The second kappa shape index (κ2) is 6.93. The van der Waals surface area contributed by atoms with E-state index in [1.165, 1.54) is 0 Å². The number of nitrogens with one attached hydrogen (secondary N) is 1. The molecule has 1 atom stereocenters. The van der Waals surface area contributed by atoms with Crippen molar-refractivity contribution in [3.63, 3.8) is 0 Å². The maximum Gasteiger partial charge on any atom is 0.250 e. The van der Waals surface area contributed by atoms with Crippen molar-refractivity contribution in [3.05, 3.63) is 53.3 Å². The third kappa shape index (κ3) is 3.97. The molecule has 1 aromatic carbocycles. The van der Waals surface area contributed by atoms with Crippen LogP contribution in [-0.4, -0.2) is 24.0 Å². The minimum atomic E-state index is -0.445. The fraction of sp³-hybridized carbons (Fsp3) is 0.294. The molecule has 0 fully saturated rings. The van der Waals surface area contributed by atoms with Crippen LogP contribution in [0.25, 0.3) is 0 Å². The number of hydrogen-bond donors (Lipinski definition) is 2. The van der Waals surface area contributed by atoms with Gasteiger partial charge in [0, 0.05) is 23.8 Å². The zero-order chi connectivity index (χ0) is 16.1. The molecule has 116 valence electrons. The summed E-state index contributed by atoms with van der Waals surface area (Å²) in [7, 11) is 1.64. The van der Waals surface area contributed by atoms with Crippen molar-refractivity contribution >= 4 is 11.6 Å². The third-order valence-electron chi connectivity index (χ3n) is 3.38. The number of carbonyl (C=O) groups excluding carboxylic acids is 1. The van der Waals surface area contributed by atoms with Gasteiger partial charge in [-0.15, -0.1) is 0 Å². The number of anilines is 1. The lowest BCUT2D eigenvalue weighted by Gasteiger charge is -2.16. The van der Waals surface area contributed by atoms with Crippen molar-refractivity contribution in [3.8, 4) is 5.75 Å². The van der Waals surface area contributed by atoms with Crippen molar-refractivity contribution < 1.29 is 9.53 Å². The van der Waals surface area contributed by atoms with Gasteiger partial charge in [-0.25, -0.2) is 0 Å². The molecule has 22 heavy (non-hydrogen) atoms. The minimum absolute atomic E-state index is 0.112. The molecule has 2 aromatic rings. The standard InChI is InChI=1S/C17H21N3O2/c1-11-4-9-15(17(18)21)16(20-11)10-12(2)19-13-5-7-14(22-3)8-6-13/h4-9,12,19H,10H2,1-3H3,(H2,18,21)/t12-/m1/s1. The topological polar surface area (TPSA) is 77.2 Å². The predicted octanol–water partition coefficient (Wildman–Crippen LogP) is 2.54. The molecule has 0 radical (unpaired) electrons. The van der Waals surface area contributed by atoms with Crippen LogP contribution >= 0.6 is 0 Å². The number of pyridine rings is 1. The van der Waals surface area contributed by atoms with Gasteiger partial charge in [0.05, 0.1) is 18.4 Å². The Bertz CT molecular complexity index is 653. The van der Waals surface area contributed by atoms with Gasteiger partial charge < -0.3 is 15.8 Å². The Kier molecular flexibility index (Phi) is 4.99. The van der Waals surface area contributed by atoms with Crippen molar-refractivity contribution in [1.82, 2.24) is 4.98 Å². The molecular weight excluding hydrogens is 278 g/mol. The number of amides is 1. The number of benzene rings is 1. The van der Waals surface area contributed by atoms with E-state index in [2.05, 4.69) is 10.3 Å². The predicted molar refractivity (Wildman–Crippen MR) is 87.3 cm³/mol. The van der Waals surface area contributed by atoms with Crippen molar-refractivity contribution in [2.24, 2.45) is 5.73 Å². The van der Waals surface area contributed by atoms with Gasteiger partial charge in [-0.3, -0.25) is 9.78 Å². The van der Waals surface area contributed by atoms with Gasteiger partial charge in [0.1, 0.15) is 5.75 Å². The lowest BCUT2D eigenvalue weighted by atomic mass is 10.1. The molecule has 3 N–H and O–H groups in total. The Labute approximate surface area is 130 Å². The molecule has 1 heterocycles. The summed E-state index contributed by atoms with van der Waals surface area (Å²) < 4.78 is 5.14. The zero-order valence-electron chi connectivity index (χ0n) is 13.1. The second-order valence-corrected chi connectivity index (χ2v) is 5.29. The molecule has 0 unspecified atom stereocenters. The number of primary amides is 1. The fourth-order valence-electron chi connectivity index (χ4n) is 2.30. The zero-order valence-corrected chi connectivity index (χ0v) is 13.1. The van der Waals surface area contributed by atoms with Crippen LogP contribution in [0.2, 0.25) is 0 Å². The summed E-state index contributed by atoms with van der Waals surface area (Å²) in [5.41, 5.74) is 8.47. The van der Waals surface area contributed by atoms with Crippen LogP contribution in [0.4, 0.5) is 5.69 Å². The monoisotopic (exact) mass is 299 g/mol. The summed E-state index contributed by atoms with van der Waals surface area (Å²) in [6.07, 6.45) is 0.617. The van der Waals surface area contributed by atoms with Gasteiger partial charge >= 0.3 is 0 Å². The van der Waals surface area contributed by atoms with Gasteiger partial charge in [0.25, 0.3) is 5.91 Å². The summed E-state index contributed by atoms with van der Waals surface area (Å²) in [4.78, 5) is 15.9. The Morgan fingerprint density at radius 3 is 2.55 bits per heavy atom. The highest BCUT2D eigenvalue weighted by Crippen LogP contribution is 2.17. The van der Waals surface area contributed by atoms with Crippen LogP contribution < -0.4 is 15.8 Å². The number of carbonyl (C=O) groups is 1. The van der Waals surface area contributed by atoms with Crippen LogP contribution in [0.5, 0.6) is 5.75 Å². The summed E-state index contributed by atoms with van der Waals surface area (Å²) in [6.45, 7) is 3.94. The largest absolute Gasteiger partial charge is 0.497 e. The number of hydrogen-bond acceptors (Lipinski definition) is 4. The number of nitrogens with zero attached hydrogens (tertiary/aromatic N) is 1. The molecule has 0 aliphatic carbocycles. The lowest BCUT2D eigenvalue weighted by molar-refractivity contribution is 0.0999. The first-order valence-electron chi connectivity index (χ1n) is 7.16. The number of aryl methyl sites for hydroxylation is 1. The second-order valence-electron chi connectivity index (χ2n) is 5.29. The Morgan fingerprint density at radius 2 is 1.95 bits per heavy atom. The van der Waals surface area contributed by atoms with E-state index in [9.17, 15) is 4.79 Å². The molecule has 0 aliphatic rings. The van der Waals surface area contributed by atoms with E-state index < -0.39 is 5.91 Å². The number of nitrogens with two attached hydrogens (primary N) is 1. The molecule has 5 nitrogen and oxygen atoms in total. The van der Waals surface area contributed by atoms with Crippen LogP contribution in [0.15, 0.2) is 36.4 Å². The van der Waals surface area contributed by atoms with E-state index in [4.69, 9.17) is 10.5 Å². The maximum atomic E-state index is 11.5. The third-order valence-corrected chi connectivity index (χ3v) is 3.38. The highest BCUT2D eigenvalue weighted by molar-refractivity contribution is 5.93. The highest BCUT2D eigenvalue weighted by atomic mass is 16.5. The first kappa shape index (κ1) is 15.8. The van der Waals surface area contributed by atoms with E-state index in [0.717, 1.165) is 22.8 Å². The van der Waals surface area contributed by atoms with E-state index in [-0.39, 0.29) is 6.04 Å². The van der Waals surface area contributed by atoms with E-state index in [0.29, 0.717) is 12.0 Å². The van der Waals surface area contributed by atoms with Gasteiger partial charge in [-0.1, -0.05) is 0 Å². The molecule has 1 aromatic heterocycles. The Hall–Kier alpha value is -2.56. The normalized spacial score (nSPS) is 11.8. The summed E-state index contributed by atoms with van der Waals surface area (Å²) >= 11 is 0. The fourth-order valence-corrected chi connectivity index (χ4v) is 2.30. The molecule has 0 bridgehead atoms. The summed E-state index contributed by atoms with van der Waals surface area (Å²) in [5.74, 6) is 0.369. The van der Waals surface area contributed by atoms with Crippen LogP contribution in [0.1, 0.15) is 28.7 Å². The van der Waals surface area contributed by atoms with Gasteiger partial charge in [-0.2, -0.15) is 0 Å². The van der Waals surface area contributed by atoms with Gasteiger partial charge in [0.15, 0.2) is 0 Å². The van der Waals surface area contributed by atoms with Crippen molar-refractivity contribution in [2.75, 3.05) is 12.4 Å². The number of methoxy groups -OCH3 is 1. The van der Waals surface area contributed by atoms with Gasteiger partial charge in [-0.05, 0) is 50.2 Å². The molecule has 1 amide bonds. The average molecular weight is 299 g/mol. The maximum absolute atomic E-state index is 11.5. The molecule has 0 spiro atoms. The quantitative estimate of drug-likeness (QED) is 0.859. The molecule has 0 saturated carbocycles. The summed E-state index contributed by atoms with van der Waals surface area (Å²) in [6, 6.07) is 11.3. The first-order valence-corrected chi connectivity index (χ1v) is 7.16. The minimum Gasteiger partial charge on any atom is -0.497 e. The van der Waals surface area contributed by atoms with E-state index in [1.54, 1.807) is 19.2 Å². The van der Waals surface area contributed by atoms with E-state index >= 15 is 0 Å². The van der Waals surface area contributed by atoms with Crippen molar-refractivity contribution in [2.45, 2.75) is 26.3 Å². The molecular formula is C17H21N3O2. The molecule has 0 saturated heterocycles. The lowest BCUT2D eigenvalue weighted by Crippen LogP contribution is -2.22. The van der Waals surface area contributed by atoms with Crippen LogP contribution in [0.3, 0.4) is 0 Å². The highest BCUT2D eigenvalue weighted by Gasteiger charge is 2.13. The first-order chi connectivity index (χ1) is 10.5. The smallest absolute Gasteiger partial charge is 0.250 e. The van der Waals surface area contributed by atoms with Crippen LogP contribution in [0, 0.1) is 6.92 Å². The number of rotatable bonds is 6. The van der Waals surface area contributed by atoms with E-state index in [1.807, 2.05) is 38.1 Å². The Balaban J connectivity index is 2.09. The Morgan fingerprint density at radius 1 is 1.27 bits per heavy atom. The molecule has 5 heteroatoms. The SMILES string of the molecule is COc1ccc(N[C@H](C)Cc2nc(C)ccc2C(N)=O)cc1. The molecule has 0 aliphatic heterocycles. The number of ether oxygens (including phenoxy) is 1. The summed E-state index contributed by atoms with van der Waals surface area (Å²) in [5, 5.41) is 3.38. The van der Waals surface area contributed by atoms with Gasteiger partial charge in [0.2, 0.25) is 0 Å². The van der Waals surface area contributed by atoms with Crippen molar-refractivity contribution in [1.29, 1.82) is 0 Å². The molecule has 2 rings (SSSR count).